The second kappa shape index (κ2) is 6.74. The second-order valence-electron chi connectivity index (χ2n) is 5.99. The molecule has 21 heavy (non-hydrogen) atoms. The van der Waals surface area contributed by atoms with Gasteiger partial charge in [-0.2, -0.15) is 5.26 Å². The predicted octanol–water partition coefficient (Wildman–Crippen LogP) is 4.72. The molecule has 1 unspecified atom stereocenters. The van der Waals surface area contributed by atoms with Gasteiger partial charge in [0.15, 0.2) is 0 Å². The second-order valence-corrected chi connectivity index (χ2v) is 5.99. The molecule has 0 amide bonds. The van der Waals surface area contributed by atoms with Crippen molar-refractivity contribution in [2.45, 2.75) is 50.6 Å². The van der Waals surface area contributed by atoms with Gasteiger partial charge in [-0.3, -0.25) is 5.32 Å². The van der Waals surface area contributed by atoms with Gasteiger partial charge in [-0.1, -0.05) is 68.1 Å². The van der Waals surface area contributed by atoms with E-state index in [4.69, 9.17) is 0 Å². The Balaban J connectivity index is 1.86. The minimum atomic E-state index is -0.209. The fourth-order valence-electron chi connectivity index (χ4n) is 3.38. The molecular formula is C19H22N2. The smallest absolute Gasteiger partial charge is 0.122 e. The molecule has 2 aromatic rings. The van der Waals surface area contributed by atoms with Crippen LogP contribution in [0.1, 0.15) is 50.1 Å². The average molecular weight is 278 g/mol. The largest absolute Gasteiger partial charge is 0.295 e. The van der Waals surface area contributed by atoms with E-state index in [1.54, 1.807) is 0 Å². The molecule has 0 spiro atoms. The molecule has 1 atom stereocenters. The average Bonchev–Trinajstić information content (AvgIpc) is 2.81. The van der Waals surface area contributed by atoms with Crippen molar-refractivity contribution < 1.29 is 0 Å². The van der Waals surface area contributed by atoms with Crippen molar-refractivity contribution in [2.24, 2.45) is 0 Å². The van der Waals surface area contributed by atoms with E-state index in [9.17, 15) is 5.26 Å². The molecule has 0 aromatic heterocycles. The molecule has 1 N–H and O–H groups in total. The first kappa shape index (κ1) is 14.1. The normalized spacial score (nSPS) is 18.0. The Morgan fingerprint density at radius 3 is 2.43 bits per heavy atom. The number of nitriles is 1. The Labute approximate surface area is 126 Å². The Hall–Kier alpha value is -1.85. The van der Waals surface area contributed by atoms with Gasteiger partial charge in [-0.15, -0.1) is 0 Å². The fraction of sp³-hybridized carbons (Fsp3) is 0.421. The van der Waals surface area contributed by atoms with Crippen molar-refractivity contribution in [3.8, 4) is 6.07 Å². The van der Waals surface area contributed by atoms with Crippen LogP contribution in [-0.2, 0) is 0 Å². The van der Waals surface area contributed by atoms with Crippen LogP contribution < -0.4 is 5.32 Å². The van der Waals surface area contributed by atoms with Crippen LogP contribution in [0.3, 0.4) is 0 Å². The topological polar surface area (TPSA) is 35.8 Å². The van der Waals surface area contributed by atoms with Crippen LogP contribution in [0.4, 0.5) is 0 Å². The zero-order valence-corrected chi connectivity index (χ0v) is 12.4. The molecule has 3 rings (SSSR count). The van der Waals surface area contributed by atoms with E-state index in [0.29, 0.717) is 6.04 Å². The third-order valence-electron chi connectivity index (χ3n) is 4.52. The highest BCUT2D eigenvalue weighted by molar-refractivity contribution is 5.86. The third-order valence-corrected chi connectivity index (χ3v) is 4.52. The summed E-state index contributed by atoms with van der Waals surface area (Å²) in [6.07, 6.45) is 7.63. The van der Waals surface area contributed by atoms with Gasteiger partial charge in [0.2, 0.25) is 0 Å². The molecular weight excluding hydrogens is 256 g/mol. The van der Waals surface area contributed by atoms with Crippen LogP contribution in [0.15, 0.2) is 42.5 Å². The van der Waals surface area contributed by atoms with Gasteiger partial charge < -0.3 is 0 Å². The highest BCUT2D eigenvalue weighted by atomic mass is 14.9. The monoisotopic (exact) mass is 278 g/mol. The highest BCUT2D eigenvalue weighted by Crippen LogP contribution is 2.26. The first-order valence-electron chi connectivity index (χ1n) is 8.02. The standard InChI is InChI=1S/C19H22N2/c20-14-19(21-16-10-3-1-2-4-11-16)18-13-7-9-15-8-5-6-12-17(15)18/h5-9,12-13,16,19,21H,1-4,10-11H2. The molecule has 2 heteroatoms. The number of nitrogens with one attached hydrogen (secondary N) is 1. The molecule has 108 valence electrons. The summed E-state index contributed by atoms with van der Waals surface area (Å²) < 4.78 is 0. The van der Waals surface area contributed by atoms with Gasteiger partial charge in [0.25, 0.3) is 0 Å². The van der Waals surface area contributed by atoms with Crippen molar-refractivity contribution >= 4 is 10.8 Å². The van der Waals surface area contributed by atoms with Crippen LogP contribution in [0.2, 0.25) is 0 Å². The predicted molar refractivity (Wildman–Crippen MR) is 86.9 cm³/mol. The number of fused-ring (bicyclic) bond motifs is 1. The SMILES string of the molecule is N#CC(NC1CCCCCC1)c1cccc2ccccc12. The number of benzene rings is 2. The van der Waals surface area contributed by atoms with Gasteiger partial charge >= 0.3 is 0 Å². The minimum Gasteiger partial charge on any atom is -0.295 e. The van der Waals surface area contributed by atoms with Crippen molar-refractivity contribution in [1.29, 1.82) is 5.26 Å². The number of hydrogen-bond acceptors (Lipinski definition) is 2. The summed E-state index contributed by atoms with van der Waals surface area (Å²) in [5.74, 6) is 0. The molecule has 0 aliphatic heterocycles. The number of nitrogens with zero attached hydrogens (tertiary/aromatic N) is 1. The van der Waals surface area contributed by atoms with E-state index >= 15 is 0 Å². The van der Waals surface area contributed by atoms with Gasteiger partial charge in [0, 0.05) is 6.04 Å². The minimum absolute atomic E-state index is 0.209. The van der Waals surface area contributed by atoms with Gasteiger partial charge in [0.05, 0.1) is 6.07 Å². The lowest BCUT2D eigenvalue weighted by molar-refractivity contribution is 0.437. The van der Waals surface area contributed by atoms with Gasteiger partial charge in [-0.25, -0.2) is 0 Å². The summed E-state index contributed by atoms with van der Waals surface area (Å²) in [7, 11) is 0. The third kappa shape index (κ3) is 3.25. The zero-order valence-electron chi connectivity index (χ0n) is 12.4. The first-order valence-corrected chi connectivity index (χ1v) is 8.02. The molecule has 0 radical (unpaired) electrons. The van der Waals surface area contributed by atoms with Crippen LogP contribution in [0.5, 0.6) is 0 Å². The molecule has 1 aliphatic rings. The maximum atomic E-state index is 9.63. The highest BCUT2D eigenvalue weighted by Gasteiger charge is 2.19. The fourth-order valence-corrected chi connectivity index (χ4v) is 3.38. The summed E-state index contributed by atoms with van der Waals surface area (Å²) in [6.45, 7) is 0. The number of hydrogen-bond donors (Lipinski definition) is 1. The van der Waals surface area contributed by atoms with Crippen LogP contribution in [0, 0.1) is 11.3 Å². The lowest BCUT2D eigenvalue weighted by Gasteiger charge is -2.21. The van der Waals surface area contributed by atoms with Gasteiger partial charge in [0.1, 0.15) is 6.04 Å². The van der Waals surface area contributed by atoms with E-state index in [1.807, 2.05) is 12.1 Å². The van der Waals surface area contributed by atoms with Crippen LogP contribution >= 0.6 is 0 Å². The van der Waals surface area contributed by atoms with E-state index in [2.05, 4.69) is 41.7 Å². The lowest BCUT2D eigenvalue weighted by atomic mass is 9.98. The van der Waals surface area contributed by atoms with E-state index in [0.717, 1.165) is 5.56 Å². The summed E-state index contributed by atoms with van der Waals surface area (Å²) in [6, 6.07) is 17.3. The van der Waals surface area contributed by atoms with Crippen LogP contribution in [-0.4, -0.2) is 6.04 Å². The molecule has 1 aliphatic carbocycles. The van der Waals surface area contributed by atoms with Crippen molar-refractivity contribution in [3.63, 3.8) is 0 Å². The quantitative estimate of drug-likeness (QED) is 0.825. The Morgan fingerprint density at radius 2 is 1.67 bits per heavy atom. The van der Waals surface area contributed by atoms with Crippen LogP contribution in [0.25, 0.3) is 10.8 Å². The molecule has 2 nitrogen and oxygen atoms in total. The van der Waals surface area contributed by atoms with E-state index < -0.39 is 0 Å². The summed E-state index contributed by atoms with van der Waals surface area (Å²) in [5.41, 5.74) is 1.11. The zero-order chi connectivity index (χ0) is 14.5. The number of rotatable bonds is 3. The lowest BCUT2D eigenvalue weighted by Crippen LogP contribution is -2.31. The maximum absolute atomic E-state index is 9.63. The Kier molecular flexibility index (Phi) is 4.52. The molecule has 1 fully saturated rings. The van der Waals surface area contributed by atoms with Crippen molar-refractivity contribution in [2.75, 3.05) is 0 Å². The molecule has 0 bridgehead atoms. The van der Waals surface area contributed by atoms with E-state index in [-0.39, 0.29) is 6.04 Å². The van der Waals surface area contributed by atoms with Crippen molar-refractivity contribution in [1.82, 2.24) is 5.32 Å². The van der Waals surface area contributed by atoms with Crippen molar-refractivity contribution in [3.05, 3.63) is 48.0 Å². The molecule has 2 aromatic carbocycles. The Bertz CT molecular complexity index is 628. The summed E-state index contributed by atoms with van der Waals surface area (Å²) in [4.78, 5) is 0. The molecule has 0 saturated heterocycles. The Morgan fingerprint density at radius 1 is 0.952 bits per heavy atom. The van der Waals surface area contributed by atoms with E-state index in [1.165, 1.54) is 49.3 Å². The first-order chi connectivity index (χ1) is 10.4. The maximum Gasteiger partial charge on any atom is 0.122 e. The summed E-state index contributed by atoms with van der Waals surface area (Å²) in [5, 5.41) is 15.6. The summed E-state index contributed by atoms with van der Waals surface area (Å²) >= 11 is 0. The van der Waals surface area contributed by atoms with Gasteiger partial charge in [-0.05, 0) is 29.2 Å². The molecule has 0 heterocycles. The molecule has 1 saturated carbocycles.